The van der Waals surface area contributed by atoms with Crippen molar-refractivity contribution in [1.82, 2.24) is 10.1 Å². The van der Waals surface area contributed by atoms with Gasteiger partial charge in [0.25, 0.3) is 0 Å². The van der Waals surface area contributed by atoms with E-state index < -0.39 is 5.97 Å². The van der Waals surface area contributed by atoms with E-state index in [4.69, 9.17) is 9.26 Å². The molecule has 2 heterocycles. The first-order valence-corrected chi connectivity index (χ1v) is 8.16. The molecule has 3 rings (SSSR count). The van der Waals surface area contributed by atoms with Gasteiger partial charge in [-0.15, -0.1) is 0 Å². The Morgan fingerprint density at radius 3 is 2.75 bits per heavy atom. The number of hydrogen-bond acceptors (Lipinski definition) is 5. The number of esters is 1. The van der Waals surface area contributed by atoms with E-state index in [0.29, 0.717) is 22.7 Å². The lowest BCUT2D eigenvalue weighted by Crippen LogP contribution is -2.08. The second kappa shape index (κ2) is 6.97. The van der Waals surface area contributed by atoms with Crippen LogP contribution in [-0.4, -0.2) is 16.1 Å². The van der Waals surface area contributed by atoms with Crippen molar-refractivity contribution in [2.45, 2.75) is 20.5 Å². The molecule has 6 heteroatoms. The molecule has 5 nitrogen and oxygen atoms in total. The molecule has 0 bridgehead atoms. The van der Waals surface area contributed by atoms with Gasteiger partial charge in [-0.3, -0.25) is 4.98 Å². The second-order valence-corrected chi connectivity index (χ2v) is 6.17. The molecule has 24 heavy (non-hydrogen) atoms. The average molecular weight is 387 g/mol. The lowest BCUT2D eigenvalue weighted by Gasteiger charge is -2.05. The van der Waals surface area contributed by atoms with Gasteiger partial charge in [0.2, 0.25) is 0 Å². The van der Waals surface area contributed by atoms with E-state index in [1.807, 2.05) is 31.2 Å². The van der Waals surface area contributed by atoms with Crippen molar-refractivity contribution >= 4 is 21.9 Å². The maximum Gasteiger partial charge on any atom is 0.340 e. The molecule has 0 atom stereocenters. The molecule has 0 aliphatic carbocycles. The predicted octanol–water partition coefficient (Wildman–Crippen LogP) is 4.47. The molecule has 1 aromatic carbocycles. The molecular weight excluding hydrogens is 372 g/mol. The number of nitrogens with zero attached hydrogens (tertiary/aromatic N) is 2. The number of benzene rings is 1. The van der Waals surface area contributed by atoms with Gasteiger partial charge in [-0.2, -0.15) is 0 Å². The third-order valence-electron chi connectivity index (χ3n) is 3.50. The highest BCUT2D eigenvalue weighted by atomic mass is 79.9. The van der Waals surface area contributed by atoms with Crippen molar-refractivity contribution in [1.29, 1.82) is 0 Å². The highest BCUT2D eigenvalue weighted by Crippen LogP contribution is 2.27. The fourth-order valence-electron chi connectivity index (χ4n) is 2.29. The quantitative estimate of drug-likeness (QED) is 0.618. The van der Waals surface area contributed by atoms with Crippen LogP contribution in [0.5, 0.6) is 0 Å². The van der Waals surface area contributed by atoms with Crippen LogP contribution < -0.4 is 0 Å². The fraction of sp³-hybridized carbons (Fsp3) is 0.167. The zero-order chi connectivity index (χ0) is 17.1. The summed E-state index contributed by atoms with van der Waals surface area (Å²) in [6, 6.07) is 13.0. The van der Waals surface area contributed by atoms with Crippen molar-refractivity contribution in [2.75, 3.05) is 0 Å². The molecule has 0 aliphatic rings. The van der Waals surface area contributed by atoms with E-state index in [2.05, 4.69) is 26.1 Å². The van der Waals surface area contributed by atoms with Gasteiger partial charge in [0.1, 0.15) is 5.69 Å². The summed E-state index contributed by atoms with van der Waals surface area (Å²) in [6.07, 6.45) is 0. The maximum absolute atomic E-state index is 12.1. The number of pyridine rings is 1. The van der Waals surface area contributed by atoms with Gasteiger partial charge in [0.05, 0.1) is 11.3 Å². The first-order chi connectivity index (χ1) is 11.5. The Morgan fingerprint density at radius 1 is 1.21 bits per heavy atom. The maximum atomic E-state index is 12.1. The Labute approximate surface area is 147 Å². The Morgan fingerprint density at radius 2 is 2.00 bits per heavy atom. The van der Waals surface area contributed by atoms with Crippen LogP contribution in [0, 0.1) is 13.8 Å². The van der Waals surface area contributed by atoms with E-state index in [1.165, 1.54) is 0 Å². The summed E-state index contributed by atoms with van der Waals surface area (Å²) in [7, 11) is 0. The van der Waals surface area contributed by atoms with Crippen LogP contribution in [0.1, 0.15) is 27.5 Å². The molecule has 0 N–H and O–H groups in total. The van der Waals surface area contributed by atoms with Gasteiger partial charge in [-0.05, 0) is 32.0 Å². The summed E-state index contributed by atoms with van der Waals surface area (Å²) >= 11 is 3.47. The van der Waals surface area contributed by atoms with Crippen LogP contribution in [0.4, 0.5) is 0 Å². The molecule has 2 aromatic heterocycles. The molecule has 0 saturated carbocycles. The Balaban J connectivity index is 1.69. The minimum atomic E-state index is -0.432. The lowest BCUT2D eigenvalue weighted by molar-refractivity contribution is 0.0436. The topological polar surface area (TPSA) is 65.2 Å². The first-order valence-electron chi connectivity index (χ1n) is 7.36. The SMILES string of the molecule is Cc1ccc(C(=O)OCc2cc(-c3ccccc3Br)no2)c(C)n1. The van der Waals surface area contributed by atoms with E-state index in [9.17, 15) is 4.79 Å². The van der Waals surface area contributed by atoms with Crippen molar-refractivity contribution < 1.29 is 14.1 Å². The number of rotatable bonds is 4. The molecule has 0 aliphatic heterocycles. The van der Waals surface area contributed by atoms with Crippen LogP contribution in [-0.2, 0) is 11.3 Å². The second-order valence-electron chi connectivity index (χ2n) is 5.32. The number of ether oxygens (including phenoxy) is 1. The smallest absolute Gasteiger partial charge is 0.340 e. The highest BCUT2D eigenvalue weighted by Gasteiger charge is 2.14. The average Bonchev–Trinajstić information content (AvgIpc) is 3.02. The Kier molecular flexibility index (Phi) is 4.76. The zero-order valence-electron chi connectivity index (χ0n) is 13.2. The molecule has 0 spiro atoms. The molecule has 0 fully saturated rings. The van der Waals surface area contributed by atoms with E-state index in [-0.39, 0.29) is 6.61 Å². The number of aryl methyl sites for hydroxylation is 2. The first kappa shape index (κ1) is 16.4. The number of hydrogen-bond donors (Lipinski definition) is 0. The molecular formula is C18H15BrN2O3. The van der Waals surface area contributed by atoms with Gasteiger partial charge in [0, 0.05) is 21.8 Å². The van der Waals surface area contributed by atoms with Crippen molar-refractivity contribution in [3.8, 4) is 11.3 Å². The Bertz CT molecular complexity index is 889. The summed E-state index contributed by atoms with van der Waals surface area (Å²) in [4.78, 5) is 16.4. The van der Waals surface area contributed by atoms with Gasteiger partial charge >= 0.3 is 5.97 Å². The van der Waals surface area contributed by atoms with Crippen molar-refractivity contribution in [2.24, 2.45) is 0 Å². The number of carbonyl (C=O) groups excluding carboxylic acids is 1. The summed E-state index contributed by atoms with van der Waals surface area (Å²) in [6.45, 7) is 3.67. The van der Waals surface area contributed by atoms with Crippen LogP contribution in [0.25, 0.3) is 11.3 Å². The summed E-state index contributed by atoms with van der Waals surface area (Å²) < 4.78 is 11.5. The largest absolute Gasteiger partial charge is 0.454 e. The van der Waals surface area contributed by atoms with Crippen molar-refractivity contribution in [3.63, 3.8) is 0 Å². The summed E-state index contributed by atoms with van der Waals surface area (Å²) in [5.74, 6) is 0.0469. The molecule has 3 aromatic rings. The predicted molar refractivity (Wildman–Crippen MR) is 92.5 cm³/mol. The number of aromatic nitrogens is 2. The highest BCUT2D eigenvalue weighted by molar-refractivity contribution is 9.10. The fourth-order valence-corrected chi connectivity index (χ4v) is 2.78. The van der Waals surface area contributed by atoms with Gasteiger partial charge < -0.3 is 9.26 Å². The van der Waals surface area contributed by atoms with Gasteiger partial charge in [0.15, 0.2) is 12.4 Å². The van der Waals surface area contributed by atoms with E-state index >= 15 is 0 Å². The van der Waals surface area contributed by atoms with E-state index in [0.717, 1.165) is 15.7 Å². The third-order valence-corrected chi connectivity index (χ3v) is 4.19. The van der Waals surface area contributed by atoms with Gasteiger partial charge in [-0.25, -0.2) is 4.79 Å². The van der Waals surface area contributed by atoms with Gasteiger partial charge in [-0.1, -0.05) is 39.3 Å². The van der Waals surface area contributed by atoms with Crippen LogP contribution >= 0.6 is 15.9 Å². The minimum Gasteiger partial charge on any atom is -0.454 e. The lowest BCUT2D eigenvalue weighted by atomic mass is 10.1. The van der Waals surface area contributed by atoms with Crippen LogP contribution in [0.15, 0.2) is 51.5 Å². The number of carbonyl (C=O) groups is 1. The minimum absolute atomic E-state index is 0.0175. The van der Waals surface area contributed by atoms with E-state index in [1.54, 1.807) is 25.1 Å². The normalized spacial score (nSPS) is 10.6. The summed E-state index contributed by atoms with van der Waals surface area (Å²) in [5.41, 5.74) is 3.55. The monoisotopic (exact) mass is 386 g/mol. The standard InChI is InChI=1S/C18H15BrN2O3/c1-11-7-8-14(12(2)20-11)18(22)23-10-13-9-17(21-24-13)15-5-3-4-6-16(15)19/h3-9H,10H2,1-2H3. The van der Waals surface area contributed by atoms with Crippen LogP contribution in [0.2, 0.25) is 0 Å². The van der Waals surface area contributed by atoms with Crippen molar-refractivity contribution in [3.05, 3.63) is 69.6 Å². The zero-order valence-corrected chi connectivity index (χ0v) is 14.8. The molecule has 0 amide bonds. The molecule has 0 saturated heterocycles. The number of halogens is 1. The third kappa shape index (κ3) is 3.54. The van der Waals surface area contributed by atoms with Crippen LogP contribution in [0.3, 0.4) is 0 Å². The summed E-state index contributed by atoms with van der Waals surface area (Å²) in [5, 5.41) is 4.02. The molecule has 122 valence electrons. The Hall–Kier alpha value is -2.47. The molecule has 0 unspecified atom stereocenters. The molecule has 0 radical (unpaired) electrons.